The molecule has 3 aromatic carbocycles. The first-order chi connectivity index (χ1) is 13.9. The van der Waals surface area contributed by atoms with E-state index in [9.17, 15) is 5.11 Å². The number of nitrogens with two attached hydrogens (primary N) is 1. The van der Waals surface area contributed by atoms with Gasteiger partial charge in [-0.25, -0.2) is 0 Å². The van der Waals surface area contributed by atoms with E-state index in [0.717, 1.165) is 33.8 Å². The van der Waals surface area contributed by atoms with Gasteiger partial charge in [0.15, 0.2) is 0 Å². The van der Waals surface area contributed by atoms with Gasteiger partial charge in [-0.3, -0.25) is 0 Å². The summed E-state index contributed by atoms with van der Waals surface area (Å²) in [5, 5.41) is 11.9. The van der Waals surface area contributed by atoms with E-state index in [4.69, 9.17) is 15.2 Å². The van der Waals surface area contributed by atoms with Crippen molar-refractivity contribution in [3.05, 3.63) is 95.1 Å². The molecule has 0 heterocycles. The fourth-order valence-corrected chi connectivity index (χ4v) is 3.78. The average molecular weight is 392 g/mol. The Morgan fingerprint density at radius 3 is 1.83 bits per heavy atom. The summed E-state index contributed by atoms with van der Waals surface area (Å²) in [5.74, 6) is 1.52. The van der Waals surface area contributed by atoms with Crippen molar-refractivity contribution in [2.75, 3.05) is 14.2 Å². The van der Waals surface area contributed by atoms with Crippen molar-refractivity contribution in [2.24, 2.45) is 5.73 Å². The first-order valence-corrected chi connectivity index (χ1v) is 9.74. The van der Waals surface area contributed by atoms with Crippen LogP contribution in [0.4, 0.5) is 0 Å². The van der Waals surface area contributed by atoms with Crippen molar-refractivity contribution in [1.82, 2.24) is 0 Å². The molecular formula is C25H29NO3. The Kier molecular flexibility index (Phi) is 6.57. The van der Waals surface area contributed by atoms with Crippen LogP contribution in [0, 0.1) is 6.92 Å². The summed E-state index contributed by atoms with van der Waals surface area (Å²) in [6.45, 7) is 2.02. The van der Waals surface area contributed by atoms with Gasteiger partial charge in [-0.1, -0.05) is 48.5 Å². The molecule has 0 saturated heterocycles. The third kappa shape index (κ3) is 4.97. The zero-order chi connectivity index (χ0) is 20.9. The highest BCUT2D eigenvalue weighted by Gasteiger charge is 2.36. The zero-order valence-corrected chi connectivity index (χ0v) is 17.3. The second-order valence-corrected chi connectivity index (χ2v) is 7.49. The largest absolute Gasteiger partial charge is 0.497 e. The van der Waals surface area contributed by atoms with Gasteiger partial charge in [-0.2, -0.15) is 0 Å². The summed E-state index contributed by atoms with van der Waals surface area (Å²) in [4.78, 5) is 0. The molecule has 0 unspecified atom stereocenters. The van der Waals surface area contributed by atoms with Crippen LogP contribution in [0.25, 0.3) is 0 Å². The lowest BCUT2D eigenvalue weighted by atomic mass is 9.78. The summed E-state index contributed by atoms with van der Waals surface area (Å²) in [6.07, 6.45) is 0.799. The zero-order valence-electron chi connectivity index (χ0n) is 17.3. The van der Waals surface area contributed by atoms with Crippen LogP contribution in [0.5, 0.6) is 11.5 Å². The SMILES string of the molecule is COc1cccc(CC(O)(Cc2cccc(OC)c2)[C@H](N)c2ccccc2C)c1. The van der Waals surface area contributed by atoms with E-state index in [0.29, 0.717) is 12.8 Å². The number of benzene rings is 3. The van der Waals surface area contributed by atoms with Crippen molar-refractivity contribution < 1.29 is 14.6 Å². The molecule has 0 aliphatic heterocycles. The average Bonchev–Trinajstić information content (AvgIpc) is 2.73. The van der Waals surface area contributed by atoms with Crippen molar-refractivity contribution in [1.29, 1.82) is 0 Å². The number of rotatable bonds is 8. The first kappa shape index (κ1) is 20.9. The Balaban J connectivity index is 2.00. The van der Waals surface area contributed by atoms with Gasteiger partial charge in [0.25, 0.3) is 0 Å². The van der Waals surface area contributed by atoms with Crippen LogP contribution in [-0.4, -0.2) is 24.9 Å². The molecule has 0 aliphatic carbocycles. The van der Waals surface area contributed by atoms with E-state index >= 15 is 0 Å². The van der Waals surface area contributed by atoms with E-state index in [1.807, 2.05) is 79.7 Å². The number of methoxy groups -OCH3 is 2. The van der Waals surface area contributed by atoms with E-state index < -0.39 is 11.6 Å². The molecular weight excluding hydrogens is 362 g/mol. The van der Waals surface area contributed by atoms with E-state index in [2.05, 4.69) is 0 Å². The number of hydrogen-bond acceptors (Lipinski definition) is 4. The smallest absolute Gasteiger partial charge is 0.119 e. The molecule has 0 fully saturated rings. The molecule has 152 valence electrons. The quantitative estimate of drug-likeness (QED) is 0.603. The fraction of sp³-hybridized carbons (Fsp3) is 0.280. The van der Waals surface area contributed by atoms with Crippen molar-refractivity contribution in [3.8, 4) is 11.5 Å². The van der Waals surface area contributed by atoms with Gasteiger partial charge in [0.1, 0.15) is 11.5 Å². The second kappa shape index (κ2) is 9.12. The van der Waals surface area contributed by atoms with Crippen molar-refractivity contribution in [3.63, 3.8) is 0 Å². The Morgan fingerprint density at radius 1 is 0.828 bits per heavy atom. The summed E-state index contributed by atoms with van der Waals surface area (Å²) < 4.78 is 10.7. The Bertz CT molecular complexity index is 905. The summed E-state index contributed by atoms with van der Waals surface area (Å²) in [5.41, 5.74) is 9.46. The van der Waals surface area contributed by atoms with Gasteiger partial charge in [-0.15, -0.1) is 0 Å². The lowest BCUT2D eigenvalue weighted by molar-refractivity contribution is 0.0134. The van der Waals surface area contributed by atoms with Crippen molar-refractivity contribution >= 4 is 0 Å². The van der Waals surface area contributed by atoms with Gasteiger partial charge in [0.2, 0.25) is 0 Å². The molecule has 0 amide bonds. The van der Waals surface area contributed by atoms with E-state index in [1.165, 1.54) is 0 Å². The van der Waals surface area contributed by atoms with Crippen LogP contribution < -0.4 is 15.2 Å². The molecule has 0 radical (unpaired) electrons. The maximum absolute atomic E-state index is 11.9. The summed E-state index contributed by atoms with van der Waals surface area (Å²) in [6, 6.07) is 22.9. The van der Waals surface area contributed by atoms with Gasteiger partial charge >= 0.3 is 0 Å². The first-order valence-electron chi connectivity index (χ1n) is 9.74. The molecule has 3 N–H and O–H groups in total. The molecule has 3 aromatic rings. The molecule has 0 aliphatic rings. The minimum Gasteiger partial charge on any atom is -0.497 e. The second-order valence-electron chi connectivity index (χ2n) is 7.49. The topological polar surface area (TPSA) is 64.7 Å². The highest BCUT2D eigenvalue weighted by Crippen LogP contribution is 2.33. The molecule has 0 bridgehead atoms. The molecule has 0 aromatic heterocycles. The third-order valence-corrected chi connectivity index (χ3v) is 5.39. The van der Waals surface area contributed by atoms with Crippen LogP contribution in [-0.2, 0) is 12.8 Å². The Hall–Kier alpha value is -2.82. The predicted molar refractivity (Wildman–Crippen MR) is 116 cm³/mol. The fourth-order valence-electron chi connectivity index (χ4n) is 3.78. The van der Waals surface area contributed by atoms with Crippen LogP contribution in [0.2, 0.25) is 0 Å². The lowest BCUT2D eigenvalue weighted by Crippen LogP contribution is -2.45. The molecule has 29 heavy (non-hydrogen) atoms. The highest BCUT2D eigenvalue weighted by atomic mass is 16.5. The minimum absolute atomic E-state index is 0.400. The van der Waals surface area contributed by atoms with Gasteiger partial charge in [0, 0.05) is 12.8 Å². The molecule has 4 heteroatoms. The summed E-state index contributed by atoms with van der Waals surface area (Å²) in [7, 11) is 3.28. The number of aryl methyl sites for hydroxylation is 1. The van der Waals surface area contributed by atoms with E-state index in [-0.39, 0.29) is 0 Å². The number of ether oxygens (including phenoxy) is 2. The predicted octanol–water partition coefficient (Wildman–Crippen LogP) is 4.23. The van der Waals surface area contributed by atoms with Crippen LogP contribution in [0.3, 0.4) is 0 Å². The molecule has 0 saturated carbocycles. The lowest BCUT2D eigenvalue weighted by Gasteiger charge is -2.35. The van der Waals surface area contributed by atoms with Crippen LogP contribution >= 0.6 is 0 Å². The summed E-state index contributed by atoms with van der Waals surface area (Å²) >= 11 is 0. The number of aliphatic hydroxyl groups is 1. The minimum atomic E-state index is -1.19. The van der Waals surface area contributed by atoms with Gasteiger partial charge in [0.05, 0.1) is 25.9 Å². The standard InChI is InChI=1S/C25H29NO3/c1-18-8-4-5-13-23(18)24(26)25(27,16-19-9-6-11-21(14-19)28-2)17-20-10-7-12-22(15-20)29-3/h4-15,24,27H,16-17,26H2,1-3H3/t24-/m1/s1. The normalized spacial score (nSPS) is 12.4. The van der Waals surface area contributed by atoms with Gasteiger partial charge < -0.3 is 20.3 Å². The molecule has 1 atom stereocenters. The van der Waals surface area contributed by atoms with Crippen LogP contribution in [0.1, 0.15) is 28.3 Å². The Labute approximate surface area is 172 Å². The molecule has 0 spiro atoms. The molecule has 4 nitrogen and oxygen atoms in total. The van der Waals surface area contributed by atoms with Crippen molar-refractivity contribution in [2.45, 2.75) is 31.4 Å². The Morgan fingerprint density at radius 2 is 1.34 bits per heavy atom. The molecule has 3 rings (SSSR count). The third-order valence-electron chi connectivity index (χ3n) is 5.39. The maximum atomic E-state index is 11.9. The van der Waals surface area contributed by atoms with E-state index in [1.54, 1.807) is 14.2 Å². The van der Waals surface area contributed by atoms with Gasteiger partial charge in [-0.05, 0) is 53.4 Å². The highest BCUT2D eigenvalue weighted by molar-refractivity contribution is 5.36. The van der Waals surface area contributed by atoms with Crippen LogP contribution in [0.15, 0.2) is 72.8 Å². The monoisotopic (exact) mass is 391 g/mol. The number of hydrogen-bond donors (Lipinski definition) is 2. The maximum Gasteiger partial charge on any atom is 0.119 e.